The minimum atomic E-state index is -0.808. The molecule has 1 aliphatic rings. The van der Waals surface area contributed by atoms with Crippen LogP contribution in [0.5, 0.6) is 0 Å². The number of ether oxygens (including phenoxy) is 1. The van der Waals surface area contributed by atoms with Crippen LogP contribution in [0.15, 0.2) is 54.7 Å². The van der Waals surface area contributed by atoms with E-state index in [0.717, 1.165) is 0 Å². The van der Waals surface area contributed by atoms with Gasteiger partial charge < -0.3 is 24.8 Å². The van der Waals surface area contributed by atoms with Crippen LogP contribution in [0.4, 0.5) is 11.4 Å². The molecule has 0 atom stereocenters. The van der Waals surface area contributed by atoms with Crippen LogP contribution in [-0.4, -0.2) is 59.3 Å². The maximum absolute atomic E-state index is 13.0. The lowest BCUT2D eigenvalue weighted by molar-refractivity contribution is -0.135. The molecule has 0 spiro atoms. The van der Waals surface area contributed by atoms with Crippen molar-refractivity contribution in [1.29, 1.82) is 0 Å². The molecule has 170 valence electrons. The highest BCUT2D eigenvalue weighted by molar-refractivity contribution is 6.48. The number of anilines is 2. The van der Waals surface area contributed by atoms with Crippen molar-refractivity contribution in [1.82, 2.24) is 9.47 Å². The predicted molar refractivity (Wildman–Crippen MR) is 123 cm³/mol. The number of fused-ring (bicyclic) bond motifs is 1. The molecule has 1 aromatic heterocycles. The molecule has 0 aliphatic carbocycles. The van der Waals surface area contributed by atoms with Crippen molar-refractivity contribution in [3.05, 3.63) is 60.3 Å². The minimum Gasteiger partial charge on any atom is -0.378 e. The molecule has 1 fully saturated rings. The Morgan fingerprint density at radius 2 is 1.64 bits per heavy atom. The molecule has 4 rings (SSSR count). The summed E-state index contributed by atoms with van der Waals surface area (Å²) in [6, 6.07) is 13.7. The Hall–Kier alpha value is -3.98. The van der Waals surface area contributed by atoms with Crippen molar-refractivity contribution in [2.75, 3.05) is 36.9 Å². The van der Waals surface area contributed by atoms with Crippen molar-refractivity contribution in [3.63, 3.8) is 0 Å². The zero-order valence-electron chi connectivity index (χ0n) is 18.2. The molecule has 0 radical (unpaired) electrons. The number of amides is 3. The summed E-state index contributed by atoms with van der Waals surface area (Å²) in [7, 11) is 0. The number of nitrogens with zero attached hydrogens (tertiary/aromatic N) is 2. The third-order valence-corrected chi connectivity index (χ3v) is 5.35. The molecule has 1 aliphatic heterocycles. The predicted octanol–water partition coefficient (Wildman–Crippen LogP) is 2.28. The molecule has 2 N–H and O–H groups in total. The van der Waals surface area contributed by atoms with Crippen LogP contribution >= 0.6 is 0 Å². The number of carbonyl (C=O) groups excluding carboxylic acids is 4. The van der Waals surface area contributed by atoms with Crippen molar-refractivity contribution >= 4 is 45.8 Å². The Morgan fingerprint density at radius 3 is 2.36 bits per heavy atom. The molecule has 0 unspecified atom stereocenters. The fraction of sp³-hybridized carbons (Fsp3) is 0.250. The smallest absolute Gasteiger partial charge is 0.296 e. The standard InChI is InChI=1S/C24H24N4O5/c1-16(29)25-17-5-4-6-18(13-17)26-24(32)23(31)20-14-28(21-8-3-2-7-19(20)21)15-22(30)27-9-11-33-12-10-27/h2-8,13-14H,9-12,15H2,1H3,(H,25,29)(H,26,32). The van der Waals surface area contributed by atoms with E-state index < -0.39 is 11.7 Å². The average molecular weight is 448 g/mol. The van der Waals surface area contributed by atoms with Crippen LogP contribution in [0.1, 0.15) is 17.3 Å². The molecule has 9 nitrogen and oxygen atoms in total. The maximum Gasteiger partial charge on any atom is 0.296 e. The van der Waals surface area contributed by atoms with Gasteiger partial charge in [0.1, 0.15) is 6.54 Å². The first-order chi connectivity index (χ1) is 15.9. The Kier molecular flexibility index (Phi) is 6.50. The third kappa shape index (κ3) is 5.09. The number of ketones is 1. The summed E-state index contributed by atoms with van der Waals surface area (Å²) in [6.45, 7) is 3.52. The van der Waals surface area contributed by atoms with Crippen LogP contribution in [0.3, 0.4) is 0 Å². The molecular formula is C24H24N4O5. The highest BCUT2D eigenvalue weighted by Gasteiger charge is 2.24. The number of morpholine rings is 1. The van der Waals surface area contributed by atoms with E-state index in [4.69, 9.17) is 4.74 Å². The van der Waals surface area contributed by atoms with Gasteiger partial charge in [0.15, 0.2) is 0 Å². The molecule has 1 saturated heterocycles. The molecular weight excluding hydrogens is 424 g/mol. The number of benzene rings is 2. The van der Waals surface area contributed by atoms with Gasteiger partial charge in [-0.05, 0) is 24.3 Å². The number of para-hydroxylation sites is 1. The van der Waals surface area contributed by atoms with Crippen molar-refractivity contribution in [2.45, 2.75) is 13.5 Å². The zero-order valence-corrected chi connectivity index (χ0v) is 18.2. The monoisotopic (exact) mass is 448 g/mol. The van der Waals surface area contributed by atoms with Crippen molar-refractivity contribution in [3.8, 4) is 0 Å². The lowest BCUT2D eigenvalue weighted by Gasteiger charge is -2.27. The minimum absolute atomic E-state index is 0.0637. The van der Waals surface area contributed by atoms with Crippen LogP contribution in [0.25, 0.3) is 10.9 Å². The Labute approximate surface area is 190 Å². The molecule has 2 aromatic carbocycles. The van der Waals surface area contributed by atoms with E-state index in [9.17, 15) is 19.2 Å². The number of nitrogens with one attached hydrogen (secondary N) is 2. The van der Waals surface area contributed by atoms with Crippen LogP contribution in [0, 0.1) is 0 Å². The average Bonchev–Trinajstić information content (AvgIpc) is 3.17. The second-order valence-corrected chi connectivity index (χ2v) is 7.73. The number of aromatic nitrogens is 1. The summed E-state index contributed by atoms with van der Waals surface area (Å²) < 4.78 is 7.00. The quantitative estimate of drug-likeness (QED) is 0.444. The lowest BCUT2D eigenvalue weighted by Crippen LogP contribution is -2.42. The topological polar surface area (TPSA) is 110 Å². The van der Waals surface area contributed by atoms with E-state index in [1.54, 1.807) is 52.1 Å². The van der Waals surface area contributed by atoms with Gasteiger partial charge in [0.2, 0.25) is 11.8 Å². The van der Waals surface area contributed by atoms with Gasteiger partial charge in [-0.3, -0.25) is 19.2 Å². The summed E-state index contributed by atoms with van der Waals surface area (Å²) in [6.07, 6.45) is 1.55. The van der Waals surface area contributed by atoms with Gasteiger partial charge in [0.25, 0.3) is 11.7 Å². The molecule has 2 heterocycles. The summed E-state index contributed by atoms with van der Waals surface area (Å²) >= 11 is 0. The summed E-state index contributed by atoms with van der Waals surface area (Å²) in [5.41, 5.74) is 1.80. The van der Waals surface area contributed by atoms with E-state index in [1.807, 2.05) is 12.1 Å². The van der Waals surface area contributed by atoms with Crippen molar-refractivity contribution < 1.29 is 23.9 Å². The van der Waals surface area contributed by atoms with E-state index >= 15 is 0 Å². The molecule has 33 heavy (non-hydrogen) atoms. The Bertz CT molecular complexity index is 1230. The van der Waals surface area contributed by atoms with Gasteiger partial charge >= 0.3 is 0 Å². The number of hydrogen-bond acceptors (Lipinski definition) is 5. The number of rotatable bonds is 6. The lowest BCUT2D eigenvalue weighted by atomic mass is 10.1. The van der Waals surface area contributed by atoms with Gasteiger partial charge in [-0.2, -0.15) is 0 Å². The van der Waals surface area contributed by atoms with E-state index in [2.05, 4.69) is 10.6 Å². The van der Waals surface area contributed by atoms with Gasteiger partial charge in [0, 0.05) is 48.5 Å². The molecule has 3 aromatic rings. The van der Waals surface area contributed by atoms with E-state index in [1.165, 1.54) is 6.92 Å². The first-order valence-corrected chi connectivity index (χ1v) is 10.6. The molecule has 0 saturated carbocycles. The van der Waals surface area contributed by atoms with Gasteiger partial charge in [-0.25, -0.2) is 0 Å². The van der Waals surface area contributed by atoms with Crippen molar-refractivity contribution in [2.24, 2.45) is 0 Å². The highest BCUT2D eigenvalue weighted by atomic mass is 16.5. The summed E-state index contributed by atoms with van der Waals surface area (Å²) in [5, 5.41) is 5.81. The number of Topliss-reactive ketones (excluding diaryl/α,β-unsaturated/α-hetero) is 1. The first-order valence-electron chi connectivity index (χ1n) is 10.6. The fourth-order valence-electron chi connectivity index (χ4n) is 3.81. The van der Waals surface area contributed by atoms with Crippen LogP contribution in [0.2, 0.25) is 0 Å². The fourth-order valence-corrected chi connectivity index (χ4v) is 3.81. The normalized spacial score (nSPS) is 13.5. The highest BCUT2D eigenvalue weighted by Crippen LogP contribution is 2.23. The maximum atomic E-state index is 13.0. The van der Waals surface area contributed by atoms with E-state index in [-0.39, 0.29) is 23.9 Å². The van der Waals surface area contributed by atoms with Gasteiger partial charge in [0.05, 0.1) is 18.8 Å². The SMILES string of the molecule is CC(=O)Nc1cccc(NC(=O)C(=O)c2cn(CC(=O)N3CCOCC3)c3ccccc23)c1. The molecule has 0 bridgehead atoms. The van der Waals surface area contributed by atoms with Gasteiger partial charge in [-0.15, -0.1) is 0 Å². The Morgan fingerprint density at radius 1 is 0.939 bits per heavy atom. The largest absolute Gasteiger partial charge is 0.378 e. The number of carbonyl (C=O) groups is 4. The Balaban J connectivity index is 1.55. The van der Waals surface area contributed by atoms with E-state index in [0.29, 0.717) is 48.6 Å². The van der Waals surface area contributed by atoms with Crippen LogP contribution < -0.4 is 10.6 Å². The second kappa shape index (κ2) is 9.66. The van der Waals surface area contributed by atoms with Crippen LogP contribution in [-0.2, 0) is 25.7 Å². The first kappa shape index (κ1) is 22.2. The van der Waals surface area contributed by atoms with Gasteiger partial charge in [-0.1, -0.05) is 24.3 Å². The third-order valence-electron chi connectivity index (χ3n) is 5.35. The summed E-state index contributed by atoms with van der Waals surface area (Å²) in [5.74, 6) is -1.84. The second-order valence-electron chi connectivity index (χ2n) is 7.73. The number of hydrogen-bond donors (Lipinski definition) is 2. The molecule has 3 amide bonds. The summed E-state index contributed by atoms with van der Waals surface area (Å²) in [4.78, 5) is 51.5. The zero-order chi connectivity index (χ0) is 23.4. The molecule has 9 heteroatoms.